The van der Waals surface area contributed by atoms with E-state index in [1.165, 1.54) is 0 Å². The minimum Gasteiger partial charge on any atom is -0.478 e. The number of nitrogens with zero attached hydrogens (tertiary/aromatic N) is 1. The predicted molar refractivity (Wildman–Crippen MR) is 79.5 cm³/mol. The van der Waals surface area contributed by atoms with Crippen molar-refractivity contribution in [2.45, 2.75) is 6.54 Å². The summed E-state index contributed by atoms with van der Waals surface area (Å²) in [5, 5.41) is 10.7. The maximum atomic E-state index is 11.2. The molecule has 0 bridgehead atoms. The highest BCUT2D eigenvalue weighted by Crippen LogP contribution is 2.21. The van der Waals surface area contributed by atoms with Gasteiger partial charge in [-0.25, -0.2) is 4.79 Å². The first-order valence-electron chi connectivity index (χ1n) is 6.21. The molecule has 0 spiro atoms. The number of aromatic nitrogens is 1. The highest BCUT2D eigenvalue weighted by molar-refractivity contribution is 6.30. The minimum absolute atomic E-state index is 0.331. The molecule has 1 heterocycles. The number of hydrogen-bond donors (Lipinski definition) is 1. The van der Waals surface area contributed by atoms with Crippen molar-refractivity contribution in [1.29, 1.82) is 0 Å². The number of rotatable bonds is 3. The highest BCUT2D eigenvalue weighted by Gasteiger charge is 2.10. The smallest absolute Gasteiger partial charge is 0.336 e. The van der Waals surface area contributed by atoms with E-state index in [1.54, 1.807) is 12.1 Å². The molecule has 0 aliphatic carbocycles. The highest BCUT2D eigenvalue weighted by atomic mass is 35.5. The number of carboxylic acids is 1. The summed E-state index contributed by atoms with van der Waals surface area (Å²) in [6, 6.07) is 14.8. The van der Waals surface area contributed by atoms with Gasteiger partial charge in [-0.3, -0.25) is 0 Å². The number of carboxylic acid groups (broad SMARTS) is 1. The van der Waals surface area contributed by atoms with Crippen LogP contribution in [0, 0.1) is 0 Å². The third-order valence-corrected chi connectivity index (χ3v) is 3.56. The zero-order chi connectivity index (χ0) is 14.1. The standard InChI is InChI=1S/C16H12ClNO2/c17-12-6-4-11(5-7-12)10-18-9-8-13-14(16(19)20)2-1-3-15(13)18/h1-9H,10H2,(H,19,20). The lowest BCUT2D eigenvalue weighted by Gasteiger charge is -2.06. The average Bonchev–Trinajstić information content (AvgIpc) is 2.84. The van der Waals surface area contributed by atoms with Gasteiger partial charge in [0.25, 0.3) is 0 Å². The SMILES string of the molecule is O=C(O)c1cccc2c1ccn2Cc1ccc(Cl)cc1. The Hall–Kier alpha value is -2.26. The zero-order valence-electron chi connectivity index (χ0n) is 10.6. The van der Waals surface area contributed by atoms with Crippen LogP contribution in [-0.4, -0.2) is 15.6 Å². The molecular weight excluding hydrogens is 274 g/mol. The Morgan fingerprint density at radius 3 is 2.55 bits per heavy atom. The van der Waals surface area contributed by atoms with Crippen LogP contribution in [0.4, 0.5) is 0 Å². The van der Waals surface area contributed by atoms with E-state index in [0.717, 1.165) is 16.5 Å². The second-order valence-electron chi connectivity index (χ2n) is 4.61. The maximum absolute atomic E-state index is 11.2. The van der Waals surface area contributed by atoms with E-state index in [-0.39, 0.29) is 0 Å². The summed E-state index contributed by atoms with van der Waals surface area (Å²) in [5.41, 5.74) is 2.37. The fraction of sp³-hybridized carbons (Fsp3) is 0.0625. The van der Waals surface area contributed by atoms with Gasteiger partial charge >= 0.3 is 5.97 Å². The number of benzene rings is 2. The number of fused-ring (bicyclic) bond motifs is 1. The maximum Gasteiger partial charge on any atom is 0.336 e. The monoisotopic (exact) mass is 285 g/mol. The molecule has 0 aliphatic heterocycles. The summed E-state index contributed by atoms with van der Waals surface area (Å²) >= 11 is 5.87. The van der Waals surface area contributed by atoms with Gasteiger partial charge < -0.3 is 9.67 Å². The van der Waals surface area contributed by atoms with Gasteiger partial charge in [0.1, 0.15) is 0 Å². The Balaban J connectivity index is 2.03. The van der Waals surface area contributed by atoms with Gasteiger partial charge in [0.15, 0.2) is 0 Å². The molecule has 2 aromatic carbocycles. The number of aromatic carboxylic acids is 1. The molecule has 3 aromatic rings. The Labute approximate surface area is 121 Å². The molecule has 0 saturated carbocycles. The lowest BCUT2D eigenvalue weighted by atomic mass is 10.1. The van der Waals surface area contributed by atoms with Gasteiger partial charge in [0.2, 0.25) is 0 Å². The predicted octanol–water partition coefficient (Wildman–Crippen LogP) is 4.04. The molecule has 0 radical (unpaired) electrons. The molecule has 0 atom stereocenters. The Bertz CT molecular complexity index is 775. The molecule has 0 saturated heterocycles. The lowest BCUT2D eigenvalue weighted by molar-refractivity contribution is 0.0699. The quantitative estimate of drug-likeness (QED) is 0.789. The van der Waals surface area contributed by atoms with Crippen molar-refractivity contribution in [2.24, 2.45) is 0 Å². The van der Waals surface area contributed by atoms with Crippen LogP contribution in [0.3, 0.4) is 0 Å². The summed E-state index contributed by atoms with van der Waals surface area (Å²) in [6.45, 7) is 0.684. The van der Waals surface area contributed by atoms with Crippen molar-refractivity contribution in [3.05, 3.63) is 70.9 Å². The van der Waals surface area contributed by atoms with Crippen LogP contribution in [-0.2, 0) is 6.54 Å². The first-order chi connectivity index (χ1) is 9.65. The van der Waals surface area contributed by atoms with Crippen LogP contribution < -0.4 is 0 Å². The van der Waals surface area contributed by atoms with Crippen molar-refractivity contribution < 1.29 is 9.90 Å². The van der Waals surface area contributed by atoms with Gasteiger partial charge in [-0.2, -0.15) is 0 Å². The zero-order valence-corrected chi connectivity index (χ0v) is 11.3. The summed E-state index contributed by atoms with van der Waals surface area (Å²) in [5.74, 6) is -0.903. The third kappa shape index (κ3) is 2.28. The fourth-order valence-corrected chi connectivity index (χ4v) is 2.46. The molecule has 0 aliphatic rings. The molecule has 1 N–H and O–H groups in total. The van der Waals surface area contributed by atoms with Crippen molar-refractivity contribution >= 4 is 28.5 Å². The van der Waals surface area contributed by atoms with Crippen LogP contribution >= 0.6 is 11.6 Å². The van der Waals surface area contributed by atoms with E-state index < -0.39 is 5.97 Å². The van der Waals surface area contributed by atoms with Gasteiger partial charge in [0.05, 0.1) is 5.56 Å². The average molecular weight is 286 g/mol. The normalized spacial score (nSPS) is 10.8. The lowest BCUT2D eigenvalue weighted by Crippen LogP contribution is -1.99. The molecule has 1 aromatic heterocycles. The van der Waals surface area contributed by atoms with Crippen molar-refractivity contribution in [2.75, 3.05) is 0 Å². The van der Waals surface area contributed by atoms with E-state index in [4.69, 9.17) is 11.6 Å². The van der Waals surface area contributed by atoms with E-state index in [0.29, 0.717) is 17.1 Å². The second-order valence-corrected chi connectivity index (χ2v) is 5.05. The van der Waals surface area contributed by atoms with Crippen LogP contribution in [0.5, 0.6) is 0 Å². The van der Waals surface area contributed by atoms with Gasteiger partial charge in [-0.05, 0) is 35.9 Å². The van der Waals surface area contributed by atoms with Crippen LogP contribution in [0.25, 0.3) is 10.9 Å². The van der Waals surface area contributed by atoms with E-state index in [9.17, 15) is 9.90 Å². The van der Waals surface area contributed by atoms with E-state index in [2.05, 4.69) is 0 Å². The molecule has 3 nitrogen and oxygen atoms in total. The molecular formula is C16H12ClNO2. The number of hydrogen-bond acceptors (Lipinski definition) is 1. The van der Waals surface area contributed by atoms with E-state index >= 15 is 0 Å². The summed E-state index contributed by atoms with van der Waals surface area (Å²) < 4.78 is 2.03. The van der Waals surface area contributed by atoms with Gasteiger partial charge in [0, 0.05) is 28.7 Å². The van der Waals surface area contributed by atoms with Crippen molar-refractivity contribution in [3.8, 4) is 0 Å². The van der Waals surface area contributed by atoms with Gasteiger partial charge in [-0.15, -0.1) is 0 Å². The first kappa shape index (κ1) is 12.8. The van der Waals surface area contributed by atoms with Crippen LogP contribution in [0.15, 0.2) is 54.7 Å². The Kier molecular flexibility index (Phi) is 3.20. The minimum atomic E-state index is -0.903. The molecule has 3 rings (SSSR count). The summed E-state index contributed by atoms with van der Waals surface area (Å²) in [4.78, 5) is 11.2. The van der Waals surface area contributed by atoms with Crippen LogP contribution in [0.1, 0.15) is 15.9 Å². The summed E-state index contributed by atoms with van der Waals surface area (Å²) in [6.07, 6.45) is 1.91. The first-order valence-corrected chi connectivity index (χ1v) is 6.58. The molecule has 20 heavy (non-hydrogen) atoms. The molecule has 100 valence electrons. The molecule has 0 amide bonds. The van der Waals surface area contributed by atoms with E-state index in [1.807, 2.05) is 47.2 Å². The molecule has 0 unspecified atom stereocenters. The molecule has 0 fully saturated rings. The third-order valence-electron chi connectivity index (χ3n) is 3.31. The second kappa shape index (κ2) is 5.02. The van der Waals surface area contributed by atoms with Crippen LogP contribution in [0.2, 0.25) is 5.02 Å². The number of carbonyl (C=O) groups is 1. The Morgan fingerprint density at radius 2 is 1.85 bits per heavy atom. The summed E-state index contributed by atoms with van der Waals surface area (Å²) in [7, 11) is 0. The number of halogens is 1. The van der Waals surface area contributed by atoms with Crippen molar-refractivity contribution in [3.63, 3.8) is 0 Å². The topological polar surface area (TPSA) is 42.2 Å². The largest absolute Gasteiger partial charge is 0.478 e. The molecule has 4 heteroatoms. The van der Waals surface area contributed by atoms with Gasteiger partial charge in [-0.1, -0.05) is 29.8 Å². The Morgan fingerprint density at radius 1 is 1.10 bits per heavy atom. The van der Waals surface area contributed by atoms with Crippen molar-refractivity contribution in [1.82, 2.24) is 4.57 Å². The fourth-order valence-electron chi connectivity index (χ4n) is 2.33.